The maximum Gasteiger partial charge on any atom is 0.265 e. The average Bonchev–Trinajstić information content (AvgIpc) is 2.45. The maximum absolute atomic E-state index is 10.5. The summed E-state index contributed by atoms with van der Waals surface area (Å²) in [6.45, 7) is 2.26. The summed E-state index contributed by atoms with van der Waals surface area (Å²) in [5.74, 6) is -0.165. The Morgan fingerprint density at radius 3 is 1.55 bits per heavy atom. The number of hydrogen-bond donors (Lipinski definition) is 1. The zero-order chi connectivity index (χ0) is 16.5. The van der Waals surface area contributed by atoms with Crippen molar-refractivity contribution < 1.29 is 13.0 Å². The van der Waals surface area contributed by atoms with Crippen LogP contribution in [-0.2, 0) is 10.1 Å². The molecule has 3 nitrogen and oxygen atoms in total. The van der Waals surface area contributed by atoms with E-state index in [4.69, 9.17) is 4.55 Å². The van der Waals surface area contributed by atoms with Gasteiger partial charge in [-0.15, -0.1) is 0 Å². The van der Waals surface area contributed by atoms with Crippen LogP contribution in [0.5, 0.6) is 0 Å². The third-order valence-corrected chi connectivity index (χ3v) is 4.69. The lowest BCUT2D eigenvalue weighted by Gasteiger charge is -2.02. The molecule has 0 aromatic rings. The SMILES string of the molecule is CCCCCCCCCCCCCCC=CCCS(=O)(=O)O. The molecule has 0 aliphatic carbocycles. The van der Waals surface area contributed by atoms with Gasteiger partial charge in [0.15, 0.2) is 0 Å². The molecular formula is C18H36O3S. The Labute approximate surface area is 138 Å². The number of hydrogen-bond acceptors (Lipinski definition) is 2. The molecule has 0 spiro atoms. The molecule has 0 saturated carbocycles. The van der Waals surface area contributed by atoms with Gasteiger partial charge in [-0.05, 0) is 19.3 Å². The van der Waals surface area contributed by atoms with E-state index in [-0.39, 0.29) is 5.75 Å². The molecule has 22 heavy (non-hydrogen) atoms. The van der Waals surface area contributed by atoms with Gasteiger partial charge in [0, 0.05) is 0 Å². The van der Waals surface area contributed by atoms with Crippen molar-refractivity contribution in [1.29, 1.82) is 0 Å². The van der Waals surface area contributed by atoms with E-state index in [0.717, 1.165) is 6.42 Å². The second kappa shape index (κ2) is 15.5. The topological polar surface area (TPSA) is 54.4 Å². The summed E-state index contributed by atoms with van der Waals surface area (Å²) in [6.07, 6.45) is 21.5. The fourth-order valence-corrected chi connectivity index (χ4v) is 2.99. The Morgan fingerprint density at radius 2 is 1.09 bits per heavy atom. The molecule has 0 bridgehead atoms. The van der Waals surface area contributed by atoms with Gasteiger partial charge in [0.25, 0.3) is 10.1 Å². The molecule has 0 atom stereocenters. The van der Waals surface area contributed by atoms with Crippen molar-refractivity contribution in [3.05, 3.63) is 12.2 Å². The first-order valence-corrected chi connectivity index (χ1v) is 10.8. The normalized spacial score (nSPS) is 12.3. The molecule has 0 unspecified atom stereocenters. The lowest BCUT2D eigenvalue weighted by molar-refractivity contribution is 0.483. The van der Waals surface area contributed by atoms with Crippen molar-refractivity contribution in [3.63, 3.8) is 0 Å². The zero-order valence-corrected chi connectivity index (χ0v) is 15.2. The highest BCUT2D eigenvalue weighted by Crippen LogP contribution is 2.12. The Kier molecular flexibility index (Phi) is 15.3. The van der Waals surface area contributed by atoms with Crippen molar-refractivity contribution in [3.8, 4) is 0 Å². The minimum atomic E-state index is -3.79. The van der Waals surface area contributed by atoms with Crippen LogP contribution in [0, 0.1) is 0 Å². The van der Waals surface area contributed by atoms with Gasteiger partial charge < -0.3 is 0 Å². The molecule has 0 radical (unpaired) electrons. The number of rotatable bonds is 16. The second-order valence-electron chi connectivity index (χ2n) is 6.22. The summed E-state index contributed by atoms with van der Waals surface area (Å²) in [4.78, 5) is 0. The quantitative estimate of drug-likeness (QED) is 0.217. The van der Waals surface area contributed by atoms with Crippen LogP contribution in [0.25, 0.3) is 0 Å². The summed E-state index contributed by atoms with van der Waals surface area (Å²) in [6, 6.07) is 0. The van der Waals surface area contributed by atoms with Crippen LogP contribution in [0.3, 0.4) is 0 Å². The molecule has 1 N–H and O–H groups in total. The monoisotopic (exact) mass is 332 g/mol. The fraction of sp³-hybridized carbons (Fsp3) is 0.889. The molecule has 0 amide bonds. The third kappa shape index (κ3) is 19.7. The van der Waals surface area contributed by atoms with Crippen molar-refractivity contribution in [2.75, 3.05) is 5.75 Å². The number of allylic oxidation sites excluding steroid dienone is 2. The molecular weight excluding hydrogens is 296 g/mol. The number of unbranched alkanes of at least 4 members (excludes halogenated alkanes) is 12. The highest BCUT2D eigenvalue weighted by atomic mass is 32.2. The van der Waals surface area contributed by atoms with E-state index in [1.54, 1.807) is 0 Å². The molecule has 0 aromatic carbocycles. The lowest BCUT2D eigenvalue weighted by Crippen LogP contribution is -2.01. The minimum Gasteiger partial charge on any atom is -0.286 e. The summed E-state index contributed by atoms with van der Waals surface area (Å²) in [5.41, 5.74) is 0. The van der Waals surface area contributed by atoms with Crippen molar-refractivity contribution >= 4 is 10.1 Å². The molecule has 0 fully saturated rings. The van der Waals surface area contributed by atoms with E-state index in [2.05, 4.69) is 6.92 Å². The summed E-state index contributed by atoms with van der Waals surface area (Å²) >= 11 is 0. The molecule has 0 rings (SSSR count). The molecule has 132 valence electrons. The Bertz CT molecular complexity index is 347. The van der Waals surface area contributed by atoms with E-state index in [1.165, 1.54) is 77.0 Å². The third-order valence-electron chi connectivity index (χ3n) is 3.93. The van der Waals surface area contributed by atoms with Crippen LogP contribution in [-0.4, -0.2) is 18.7 Å². The van der Waals surface area contributed by atoms with Crippen molar-refractivity contribution in [2.24, 2.45) is 0 Å². The maximum atomic E-state index is 10.5. The van der Waals surface area contributed by atoms with E-state index in [9.17, 15) is 8.42 Å². The van der Waals surface area contributed by atoms with Crippen LogP contribution in [0.1, 0.15) is 96.8 Å². The highest BCUT2D eigenvalue weighted by Gasteiger charge is 2.00. The van der Waals surface area contributed by atoms with Crippen molar-refractivity contribution in [1.82, 2.24) is 0 Å². The van der Waals surface area contributed by atoms with Crippen LogP contribution < -0.4 is 0 Å². The first-order chi connectivity index (χ1) is 10.6. The minimum absolute atomic E-state index is 0.165. The average molecular weight is 333 g/mol. The summed E-state index contributed by atoms with van der Waals surface area (Å²) in [5, 5.41) is 0. The van der Waals surface area contributed by atoms with Crippen LogP contribution in [0.4, 0.5) is 0 Å². The molecule has 0 aromatic heterocycles. The smallest absolute Gasteiger partial charge is 0.265 e. The highest BCUT2D eigenvalue weighted by molar-refractivity contribution is 7.85. The lowest BCUT2D eigenvalue weighted by atomic mass is 10.0. The molecule has 0 saturated heterocycles. The molecule has 0 heterocycles. The van der Waals surface area contributed by atoms with E-state index >= 15 is 0 Å². The Balaban J connectivity index is 3.13. The fourth-order valence-electron chi connectivity index (χ4n) is 2.56. The van der Waals surface area contributed by atoms with Gasteiger partial charge in [0.1, 0.15) is 0 Å². The largest absolute Gasteiger partial charge is 0.286 e. The van der Waals surface area contributed by atoms with E-state index in [0.29, 0.717) is 6.42 Å². The molecule has 0 aliphatic heterocycles. The summed E-state index contributed by atoms with van der Waals surface area (Å²) < 4.78 is 29.6. The van der Waals surface area contributed by atoms with Crippen LogP contribution in [0.2, 0.25) is 0 Å². The standard InChI is InChI=1S/C18H36O3S/c1-2-3-4-5-6-7-8-9-10-11-12-13-14-15-16-17-18-22(19,20)21/h15-16H,2-14,17-18H2,1H3,(H,19,20,21). The Morgan fingerprint density at radius 1 is 0.682 bits per heavy atom. The zero-order valence-electron chi connectivity index (χ0n) is 14.4. The van der Waals surface area contributed by atoms with Crippen LogP contribution >= 0.6 is 0 Å². The van der Waals surface area contributed by atoms with Gasteiger partial charge in [-0.2, -0.15) is 8.42 Å². The first kappa shape index (κ1) is 21.6. The van der Waals surface area contributed by atoms with Gasteiger partial charge in [0.05, 0.1) is 5.75 Å². The molecule has 4 heteroatoms. The second-order valence-corrected chi connectivity index (χ2v) is 7.80. The van der Waals surface area contributed by atoms with E-state index < -0.39 is 10.1 Å². The van der Waals surface area contributed by atoms with Crippen molar-refractivity contribution in [2.45, 2.75) is 96.8 Å². The van der Waals surface area contributed by atoms with Gasteiger partial charge in [-0.3, -0.25) is 4.55 Å². The van der Waals surface area contributed by atoms with Gasteiger partial charge >= 0.3 is 0 Å². The van der Waals surface area contributed by atoms with Gasteiger partial charge in [0.2, 0.25) is 0 Å². The Hall–Kier alpha value is -0.350. The molecule has 0 aliphatic rings. The predicted octanol–water partition coefficient (Wildman–Crippen LogP) is 5.91. The first-order valence-electron chi connectivity index (χ1n) is 9.16. The van der Waals surface area contributed by atoms with E-state index in [1.807, 2.05) is 12.2 Å². The predicted molar refractivity (Wildman–Crippen MR) is 95.9 cm³/mol. The van der Waals surface area contributed by atoms with Crippen LogP contribution in [0.15, 0.2) is 12.2 Å². The van der Waals surface area contributed by atoms with Gasteiger partial charge in [-0.1, -0.05) is 89.7 Å². The van der Waals surface area contributed by atoms with Gasteiger partial charge in [-0.25, -0.2) is 0 Å². The summed E-state index contributed by atoms with van der Waals surface area (Å²) in [7, 11) is -3.79.